The molecule has 0 saturated heterocycles. The van der Waals surface area contributed by atoms with E-state index in [1.807, 2.05) is 0 Å². The quantitative estimate of drug-likeness (QED) is 0.769. The molecule has 1 aromatic carbocycles. The third-order valence-corrected chi connectivity index (χ3v) is 4.08. The number of nitrogen functional groups attached to an aromatic ring is 1. The second-order valence-corrected chi connectivity index (χ2v) is 5.54. The van der Waals surface area contributed by atoms with E-state index in [-0.39, 0.29) is 16.6 Å². The van der Waals surface area contributed by atoms with E-state index in [0.29, 0.717) is 12.8 Å². The van der Waals surface area contributed by atoms with Gasteiger partial charge in [-0.25, -0.2) is 12.8 Å². The Balaban J connectivity index is 2.24. The third-order valence-electron chi connectivity index (χ3n) is 2.23. The van der Waals surface area contributed by atoms with Crippen LogP contribution in [0.1, 0.15) is 12.8 Å². The lowest BCUT2D eigenvalue weighted by atomic mass is 10.3. The molecule has 1 saturated carbocycles. The van der Waals surface area contributed by atoms with Gasteiger partial charge in [-0.2, -0.15) is 0 Å². The number of hydrogen-bond acceptors (Lipinski definition) is 3. The summed E-state index contributed by atoms with van der Waals surface area (Å²) in [5, 5.41) is -0.318. The first-order chi connectivity index (χ1) is 6.99. The van der Waals surface area contributed by atoms with Crippen molar-refractivity contribution in [2.24, 2.45) is 0 Å². The van der Waals surface area contributed by atoms with Crippen LogP contribution < -0.4 is 10.5 Å². The lowest BCUT2D eigenvalue weighted by Gasteiger charge is -2.09. The largest absolute Gasteiger partial charge is 0.397 e. The summed E-state index contributed by atoms with van der Waals surface area (Å²) in [6.07, 6.45) is 1.35. The summed E-state index contributed by atoms with van der Waals surface area (Å²) in [4.78, 5) is 0. The van der Waals surface area contributed by atoms with Gasteiger partial charge in [0.1, 0.15) is 5.82 Å². The molecule has 1 aliphatic rings. The molecule has 0 heterocycles. The maximum absolute atomic E-state index is 12.7. The molecule has 0 spiro atoms. The molecule has 0 unspecified atom stereocenters. The fraction of sp³-hybridized carbons (Fsp3) is 0.333. The van der Waals surface area contributed by atoms with Crippen LogP contribution in [-0.4, -0.2) is 13.7 Å². The highest BCUT2D eigenvalue weighted by Crippen LogP contribution is 2.31. The number of anilines is 2. The van der Waals surface area contributed by atoms with Crippen LogP contribution in [0.5, 0.6) is 0 Å². The first kappa shape index (κ1) is 10.2. The van der Waals surface area contributed by atoms with Crippen LogP contribution in [0.3, 0.4) is 0 Å². The van der Waals surface area contributed by atoms with Crippen LogP contribution in [0.15, 0.2) is 18.2 Å². The van der Waals surface area contributed by atoms with Gasteiger partial charge in [0.05, 0.1) is 16.6 Å². The Morgan fingerprint density at radius 2 is 2.07 bits per heavy atom. The molecule has 1 fully saturated rings. The highest BCUT2D eigenvalue weighted by Gasteiger charge is 2.35. The molecule has 1 aromatic rings. The maximum Gasteiger partial charge on any atom is 0.235 e. The molecule has 82 valence electrons. The fourth-order valence-electron chi connectivity index (χ4n) is 1.24. The van der Waals surface area contributed by atoms with Gasteiger partial charge in [0.15, 0.2) is 0 Å². The maximum atomic E-state index is 12.7. The molecule has 15 heavy (non-hydrogen) atoms. The number of benzene rings is 1. The van der Waals surface area contributed by atoms with Crippen LogP contribution in [-0.2, 0) is 10.0 Å². The van der Waals surface area contributed by atoms with Crippen LogP contribution >= 0.6 is 0 Å². The standard InChI is InChI=1S/C9H11FN2O2S/c10-6-1-4-9(8(11)5-6)12-15(13,14)7-2-3-7/h1,4-5,7,12H,2-3,11H2. The number of nitrogens with two attached hydrogens (primary N) is 1. The minimum Gasteiger partial charge on any atom is -0.397 e. The molecular weight excluding hydrogens is 219 g/mol. The Labute approximate surface area is 87.3 Å². The molecule has 4 nitrogen and oxygen atoms in total. The van der Waals surface area contributed by atoms with E-state index in [2.05, 4.69) is 4.72 Å². The number of rotatable bonds is 3. The van der Waals surface area contributed by atoms with Crippen LogP contribution in [0.2, 0.25) is 0 Å². The summed E-state index contributed by atoms with van der Waals surface area (Å²) in [6, 6.07) is 3.58. The number of hydrogen-bond donors (Lipinski definition) is 2. The summed E-state index contributed by atoms with van der Waals surface area (Å²) in [6.45, 7) is 0. The van der Waals surface area contributed by atoms with E-state index in [1.54, 1.807) is 0 Å². The van der Waals surface area contributed by atoms with Crippen molar-refractivity contribution >= 4 is 21.4 Å². The molecule has 2 rings (SSSR count). The van der Waals surface area contributed by atoms with E-state index in [4.69, 9.17) is 5.73 Å². The summed E-state index contributed by atoms with van der Waals surface area (Å²) in [5.41, 5.74) is 5.82. The Bertz CT molecular complexity index is 483. The Hall–Kier alpha value is -1.30. The van der Waals surface area contributed by atoms with Gasteiger partial charge in [-0.05, 0) is 31.0 Å². The van der Waals surface area contributed by atoms with Gasteiger partial charge in [0, 0.05) is 0 Å². The molecule has 0 amide bonds. The number of nitrogens with one attached hydrogen (secondary N) is 1. The molecular formula is C9H11FN2O2S. The van der Waals surface area contributed by atoms with Gasteiger partial charge in [-0.15, -0.1) is 0 Å². The molecule has 6 heteroatoms. The zero-order chi connectivity index (χ0) is 11.1. The van der Waals surface area contributed by atoms with Crippen molar-refractivity contribution in [1.29, 1.82) is 0 Å². The van der Waals surface area contributed by atoms with Gasteiger partial charge < -0.3 is 5.73 Å². The van der Waals surface area contributed by atoms with Crippen LogP contribution in [0, 0.1) is 5.82 Å². The predicted octanol–water partition coefficient (Wildman–Crippen LogP) is 1.31. The van der Waals surface area contributed by atoms with E-state index in [1.165, 1.54) is 12.1 Å². The molecule has 0 radical (unpaired) electrons. The van der Waals surface area contributed by atoms with Gasteiger partial charge in [0.25, 0.3) is 0 Å². The SMILES string of the molecule is Nc1cc(F)ccc1NS(=O)(=O)C1CC1. The zero-order valence-electron chi connectivity index (χ0n) is 7.90. The lowest BCUT2D eigenvalue weighted by Crippen LogP contribution is -2.18. The zero-order valence-corrected chi connectivity index (χ0v) is 8.72. The summed E-state index contributed by atoms with van der Waals surface area (Å²) in [5.74, 6) is -0.484. The van der Waals surface area contributed by atoms with Crippen molar-refractivity contribution in [2.75, 3.05) is 10.5 Å². The lowest BCUT2D eigenvalue weighted by molar-refractivity contribution is 0.600. The summed E-state index contributed by atoms with van der Waals surface area (Å²) < 4.78 is 38.1. The van der Waals surface area contributed by atoms with Gasteiger partial charge >= 0.3 is 0 Å². The monoisotopic (exact) mass is 230 g/mol. The van der Waals surface area contributed by atoms with E-state index >= 15 is 0 Å². The van der Waals surface area contributed by atoms with Gasteiger partial charge in [0.2, 0.25) is 10.0 Å². The van der Waals surface area contributed by atoms with Gasteiger partial charge in [-0.3, -0.25) is 4.72 Å². The highest BCUT2D eigenvalue weighted by atomic mass is 32.2. The normalized spacial score (nSPS) is 16.3. The van der Waals surface area contributed by atoms with Crippen molar-refractivity contribution in [3.05, 3.63) is 24.0 Å². The Kier molecular flexibility index (Phi) is 2.30. The van der Waals surface area contributed by atoms with Crippen molar-refractivity contribution in [3.8, 4) is 0 Å². The topological polar surface area (TPSA) is 72.2 Å². The summed E-state index contributed by atoms with van der Waals surface area (Å²) in [7, 11) is -3.33. The molecule has 0 aromatic heterocycles. The number of sulfonamides is 1. The Morgan fingerprint density at radius 3 is 2.60 bits per heavy atom. The average molecular weight is 230 g/mol. The molecule has 0 aliphatic heterocycles. The van der Waals surface area contributed by atoms with E-state index < -0.39 is 15.8 Å². The molecule has 1 aliphatic carbocycles. The van der Waals surface area contributed by atoms with Crippen molar-refractivity contribution in [1.82, 2.24) is 0 Å². The Morgan fingerprint density at radius 1 is 1.40 bits per heavy atom. The van der Waals surface area contributed by atoms with E-state index in [0.717, 1.165) is 6.07 Å². The van der Waals surface area contributed by atoms with Crippen LogP contribution in [0.25, 0.3) is 0 Å². The minimum atomic E-state index is -3.33. The molecule has 3 N–H and O–H groups in total. The first-order valence-electron chi connectivity index (χ1n) is 4.56. The number of halogens is 1. The van der Waals surface area contributed by atoms with Crippen LogP contribution in [0.4, 0.5) is 15.8 Å². The second-order valence-electron chi connectivity index (χ2n) is 3.58. The van der Waals surface area contributed by atoms with E-state index in [9.17, 15) is 12.8 Å². The fourth-order valence-corrected chi connectivity index (χ4v) is 2.66. The summed E-state index contributed by atoms with van der Waals surface area (Å²) >= 11 is 0. The molecule has 0 atom stereocenters. The highest BCUT2D eigenvalue weighted by molar-refractivity contribution is 7.93. The molecule has 0 bridgehead atoms. The smallest absolute Gasteiger partial charge is 0.235 e. The van der Waals surface area contributed by atoms with Crippen molar-refractivity contribution in [3.63, 3.8) is 0 Å². The predicted molar refractivity (Wildman–Crippen MR) is 56.4 cm³/mol. The van der Waals surface area contributed by atoms with Gasteiger partial charge in [-0.1, -0.05) is 0 Å². The third kappa shape index (κ3) is 2.20. The van der Waals surface area contributed by atoms with Crippen molar-refractivity contribution in [2.45, 2.75) is 18.1 Å². The minimum absolute atomic E-state index is 0.0965. The van der Waals surface area contributed by atoms with Crippen molar-refractivity contribution < 1.29 is 12.8 Å². The average Bonchev–Trinajstić information content (AvgIpc) is 2.92. The first-order valence-corrected chi connectivity index (χ1v) is 6.10. The second kappa shape index (κ2) is 3.37.